The second-order valence-corrected chi connectivity index (χ2v) is 15.5. The van der Waals surface area contributed by atoms with E-state index in [2.05, 4.69) is 62.5 Å². The Morgan fingerprint density at radius 2 is 1.09 bits per heavy atom. The van der Waals surface area contributed by atoms with Crippen LogP contribution in [0, 0.1) is 0 Å². The summed E-state index contributed by atoms with van der Waals surface area (Å²) in [7, 11) is 0. The van der Waals surface area contributed by atoms with Gasteiger partial charge >= 0.3 is 6.09 Å². The zero-order chi connectivity index (χ0) is 37.5. The Kier molecular flexibility index (Phi) is 25.1. The highest BCUT2D eigenvalue weighted by Gasteiger charge is 2.52. The number of unbranched alkanes of at least 4 members (excludes halogenated alkanes) is 16. The van der Waals surface area contributed by atoms with Crippen molar-refractivity contribution in [2.75, 3.05) is 13.1 Å². The summed E-state index contributed by atoms with van der Waals surface area (Å²) < 4.78 is 19.2. The number of hydrogen-bond acceptors (Lipinski definition) is 4. The number of carbonyl (C=O) groups excluding carboxylic acids is 1. The van der Waals surface area contributed by atoms with Crippen molar-refractivity contribution in [3.63, 3.8) is 0 Å². The number of benzene rings is 1. The second kappa shape index (κ2) is 29.7. The van der Waals surface area contributed by atoms with Gasteiger partial charge in [-0.2, -0.15) is 0 Å². The summed E-state index contributed by atoms with van der Waals surface area (Å²) in [5.41, 5.74) is 0.998. The van der Waals surface area contributed by atoms with Gasteiger partial charge in [-0.05, 0) is 82.6 Å². The van der Waals surface area contributed by atoms with E-state index in [1.807, 2.05) is 30.3 Å². The van der Waals surface area contributed by atoms with E-state index in [1.165, 1.54) is 128 Å². The topological polar surface area (TPSA) is 48.0 Å². The average Bonchev–Trinajstić information content (AvgIpc) is 3.75. The third-order valence-electron chi connectivity index (χ3n) is 10.7. The van der Waals surface area contributed by atoms with E-state index in [-0.39, 0.29) is 24.9 Å². The first-order valence-corrected chi connectivity index (χ1v) is 22.1. The molecule has 298 valence electrons. The monoisotopic (exact) mass is 732 g/mol. The maximum Gasteiger partial charge on any atom is 0.410 e. The number of hydrogen-bond donors (Lipinski definition) is 0. The summed E-state index contributed by atoms with van der Waals surface area (Å²) in [5, 5.41) is 0. The standard InChI is InChI=1S/C48H77NO4/c1-3-5-7-9-11-13-15-17-19-21-23-25-27-29-34-38-45-46(39-35-30-28-26-24-22-20-18-16-14-12-10-8-6-4-2)53-48(52-45)40-41-49(43-48)47(50)51-42-44-36-32-31-33-37-44/h11-14,17-20,31-33,36-37,45-46H,3-10,15-16,21-30,34-35,38-43H2,1-2H3. The maximum absolute atomic E-state index is 13.0. The Bertz CT molecular complexity index is 1100. The number of rotatable bonds is 30. The number of allylic oxidation sites excluding steroid dienone is 8. The van der Waals surface area contributed by atoms with E-state index in [0.29, 0.717) is 19.5 Å². The molecule has 2 atom stereocenters. The molecule has 2 saturated heterocycles. The highest BCUT2D eigenvalue weighted by molar-refractivity contribution is 5.68. The maximum atomic E-state index is 13.0. The molecular formula is C48H77NO4. The van der Waals surface area contributed by atoms with Crippen molar-refractivity contribution < 1.29 is 19.0 Å². The lowest BCUT2D eigenvalue weighted by molar-refractivity contribution is -0.164. The van der Waals surface area contributed by atoms with E-state index in [0.717, 1.165) is 31.2 Å². The normalized spacial score (nSPS) is 20.5. The summed E-state index contributed by atoms with van der Waals surface area (Å²) in [6, 6.07) is 9.88. The molecule has 1 aromatic carbocycles. The van der Waals surface area contributed by atoms with Gasteiger partial charge in [-0.15, -0.1) is 0 Å². The van der Waals surface area contributed by atoms with Gasteiger partial charge in [-0.1, -0.05) is 170 Å². The predicted molar refractivity (Wildman–Crippen MR) is 224 cm³/mol. The van der Waals surface area contributed by atoms with Gasteiger partial charge in [0.2, 0.25) is 0 Å². The molecule has 1 aromatic rings. The molecule has 2 fully saturated rings. The fourth-order valence-corrected chi connectivity index (χ4v) is 7.45. The van der Waals surface area contributed by atoms with Crippen LogP contribution in [0.15, 0.2) is 78.9 Å². The quantitative estimate of drug-likeness (QED) is 0.0584. The Labute approximate surface area is 325 Å². The summed E-state index contributed by atoms with van der Waals surface area (Å²) in [4.78, 5) is 14.7. The smallest absolute Gasteiger partial charge is 0.410 e. The number of likely N-dealkylation sites (tertiary alicyclic amines) is 1. The van der Waals surface area contributed by atoms with Crippen molar-refractivity contribution in [3.05, 3.63) is 84.5 Å². The molecule has 0 bridgehead atoms. The summed E-state index contributed by atoms with van der Waals surface area (Å²) in [5.74, 6) is -0.685. The fraction of sp³-hybridized carbons (Fsp3) is 0.688. The van der Waals surface area contributed by atoms with Crippen LogP contribution in [0.1, 0.15) is 180 Å². The first-order valence-electron chi connectivity index (χ1n) is 22.1. The minimum atomic E-state index is -0.685. The lowest BCUT2D eigenvalue weighted by atomic mass is 9.99. The van der Waals surface area contributed by atoms with Crippen molar-refractivity contribution in [2.24, 2.45) is 0 Å². The molecule has 0 aliphatic carbocycles. The number of carbonyl (C=O) groups is 1. The first kappa shape index (κ1) is 44.8. The molecule has 1 spiro atoms. The van der Waals surface area contributed by atoms with E-state index in [4.69, 9.17) is 14.2 Å². The lowest BCUT2D eigenvalue weighted by Crippen LogP contribution is -2.37. The SMILES string of the molecule is CCCCCC=CCC=CCCCCCCCC1OC2(CCN(C(=O)OCc3ccccc3)C2)OC1CCCCCCCC=CCC=CCCCCC. The Morgan fingerprint density at radius 1 is 0.642 bits per heavy atom. The highest BCUT2D eigenvalue weighted by Crippen LogP contribution is 2.40. The molecule has 5 nitrogen and oxygen atoms in total. The van der Waals surface area contributed by atoms with Gasteiger partial charge in [0.1, 0.15) is 6.61 Å². The molecule has 1 amide bonds. The number of ether oxygens (including phenoxy) is 3. The molecule has 0 saturated carbocycles. The molecule has 2 unspecified atom stereocenters. The Balaban J connectivity index is 1.34. The van der Waals surface area contributed by atoms with Crippen molar-refractivity contribution in [3.8, 4) is 0 Å². The zero-order valence-corrected chi connectivity index (χ0v) is 34.0. The van der Waals surface area contributed by atoms with Crippen LogP contribution in [-0.2, 0) is 20.8 Å². The van der Waals surface area contributed by atoms with Gasteiger partial charge in [0, 0.05) is 13.0 Å². The van der Waals surface area contributed by atoms with E-state index in [9.17, 15) is 4.79 Å². The third kappa shape index (κ3) is 20.6. The van der Waals surface area contributed by atoms with Gasteiger partial charge in [0.25, 0.3) is 0 Å². The minimum Gasteiger partial charge on any atom is -0.445 e. The van der Waals surface area contributed by atoms with Gasteiger partial charge < -0.3 is 19.1 Å². The van der Waals surface area contributed by atoms with Gasteiger partial charge in [0.15, 0.2) is 5.79 Å². The third-order valence-corrected chi connectivity index (χ3v) is 10.7. The Morgan fingerprint density at radius 3 is 1.58 bits per heavy atom. The first-order chi connectivity index (χ1) is 26.2. The minimum absolute atomic E-state index is 0.110. The molecule has 3 rings (SSSR count). The van der Waals surface area contributed by atoms with Crippen molar-refractivity contribution >= 4 is 6.09 Å². The van der Waals surface area contributed by atoms with Crippen LogP contribution < -0.4 is 0 Å². The summed E-state index contributed by atoms with van der Waals surface area (Å²) in [6.45, 7) is 5.87. The second-order valence-electron chi connectivity index (χ2n) is 15.5. The van der Waals surface area contributed by atoms with Crippen LogP contribution in [0.25, 0.3) is 0 Å². The number of nitrogens with zero attached hydrogens (tertiary/aromatic N) is 1. The van der Waals surface area contributed by atoms with Crippen LogP contribution in [0.2, 0.25) is 0 Å². The summed E-state index contributed by atoms with van der Waals surface area (Å²) in [6.07, 6.45) is 48.8. The van der Waals surface area contributed by atoms with Gasteiger partial charge in [0.05, 0.1) is 18.8 Å². The van der Waals surface area contributed by atoms with E-state index in [1.54, 1.807) is 4.90 Å². The largest absolute Gasteiger partial charge is 0.445 e. The van der Waals surface area contributed by atoms with Crippen LogP contribution >= 0.6 is 0 Å². The van der Waals surface area contributed by atoms with Crippen molar-refractivity contribution in [1.82, 2.24) is 4.90 Å². The van der Waals surface area contributed by atoms with Gasteiger partial charge in [-0.3, -0.25) is 0 Å². The van der Waals surface area contributed by atoms with E-state index < -0.39 is 5.79 Å². The molecule has 0 N–H and O–H groups in total. The molecule has 53 heavy (non-hydrogen) atoms. The van der Waals surface area contributed by atoms with E-state index >= 15 is 0 Å². The highest BCUT2D eigenvalue weighted by atomic mass is 16.8. The predicted octanol–water partition coefficient (Wildman–Crippen LogP) is 14.1. The molecule has 2 aliphatic rings. The zero-order valence-electron chi connectivity index (χ0n) is 34.0. The van der Waals surface area contributed by atoms with Gasteiger partial charge in [-0.25, -0.2) is 4.79 Å². The molecule has 0 aromatic heterocycles. The fourth-order valence-electron chi connectivity index (χ4n) is 7.45. The molecule has 2 aliphatic heterocycles. The number of amides is 1. The molecule has 0 radical (unpaired) electrons. The van der Waals surface area contributed by atoms with Crippen LogP contribution in [-0.4, -0.2) is 42.1 Å². The Hall–Kier alpha value is -2.63. The summed E-state index contributed by atoms with van der Waals surface area (Å²) >= 11 is 0. The lowest BCUT2D eigenvalue weighted by Gasteiger charge is -2.23. The molecule has 2 heterocycles. The van der Waals surface area contributed by atoms with Crippen LogP contribution in [0.4, 0.5) is 4.79 Å². The van der Waals surface area contributed by atoms with Crippen molar-refractivity contribution in [1.29, 1.82) is 0 Å². The molecular weight excluding hydrogens is 655 g/mol. The van der Waals surface area contributed by atoms with Crippen LogP contribution in [0.5, 0.6) is 0 Å². The van der Waals surface area contributed by atoms with Crippen LogP contribution in [0.3, 0.4) is 0 Å². The average molecular weight is 732 g/mol. The molecule has 5 heteroatoms. The van der Waals surface area contributed by atoms with Crippen molar-refractivity contribution in [2.45, 2.75) is 199 Å².